The van der Waals surface area contributed by atoms with Crippen molar-refractivity contribution in [2.24, 2.45) is 7.05 Å². The molecule has 0 unspecified atom stereocenters. The fraction of sp³-hybridized carbons (Fsp3) is 0.267. The molecule has 0 atom stereocenters. The van der Waals surface area contributed by atoms with Crippen molar-refractivity contribution in [3.63, 3.8) is 0 Å². The first kappa shape index (κ1) is 12.6. The smallest absolute Gasteiger partial charge is 0.150 e. The molecule has 3 aromatic rings. The number of aryl methyl sites for hydroxylation is 2. The van der Waals surface area contributed by atoms with Crippen LogP contribution < -0.4 is 4.90 Å². The number of fused-ring (bicyclic) bond motifs is 1. The van der Waals surface area contributed by atoms with Gasteiger partial charge in [0.2, 0.25) is 0 Å². The van der Waals surface area contributed by atoms with Crippen LogP contribution in [0.3, 0.4) is 0 Å². The topological polar surface area (TPSA) is 46.8 Å². The fourth-order valence-electron chi connectivity index (χ4n) is 2.28. The van der Waals surface area contributed by atoms with Gasteiger partial charge in [0.15, 0.2) is 5.82 Å². The number of aromatic nitrogens is 4. The summed E-state index contributed by atoms with van der Waals surface area (Å²) in [7, 11) is 4.01. The minimum Gasteiger partial charge on any atom is -0.351 e. The number of para-hydroxylation sites is 2. The Labute approximate surface area is 117 Å². The molecule has 0 saturated heterocycles. The third-order valence-corrected chi connectivity index (χ3v) is 3.38. The molecule has 0 bridgehead atoms. The lowest BCUT2D eigenvalue weighted by atomic mass is 10.3. The van der Waals surface area contributed by atoms with Gasteiger partial charge in [0.25, 0.3) is 0 Å². The average Bonchev–Trinajstić information content (AvgIpc) is 2.83. The lowest BCUT2D eigenvalue weighted by molar-refractivity contribution is 0.753. The number of hydrogen-bond donors (Lipinski definition) is 0. The second-order valence-corrected chi connectivity index (χ2v) is 4.93. The molecule has 0 N–H and O–H groups in total. The summed E-state index contributed by atoms with van der Waals surface area (Å²) in [5.74, 6) is 1.90. The third kappa shape index (κ3) is 2.22. The van der Waals surface area contributed by atoms with Crippen LogP contribution in [0.1, 0.15) is 11.5 Å². The van der Waals surface area contributed by atoms with Crippen LogP contribution in [0.15, 0.2) is 36.7 Å². The Morgan fingerprint density at radius 1 is 1.15 bits per heavy atom. The molecule has 0 amide bonds. The van der Waals surface area contributed by atoms with Gasteiger partial charge >= 0.3 is 0 Å². The van der Waals surface area contributed by atoms with Crippen LogP contribution in [0, 0.1) is 6.92 Å². The number of imidazole rings is 1. The van der Waals surface area contributed by atoms with Gasteiger partial charge in [-0.2, -0.15) is 0 Å². The first-order valence-electron chi connectivity index (χ1n) is 6.56. The van der Waals surface area contributed by atoms with E-state index in [1.54, 1.807) is 0 Å². The summed E-state index contributed by atoms with van der Waals surface area (Å²) in [6.45, 7) is 2.70. The quantitative estimate of drug-likeness (QED) is 0.730. The molecular weight excluding hydrogens is 250 g/mol. The maximum Gasteiger partial charge on any atom is 0.150 e. The molecule has 0 aliphatic heterocycles. The van der Waals surface area contributed by atoms with E-state index in [0.29, 0.717) is 6.54 Å². The normalized spacial score (nSPS) is 10.9. The summed E-state index contributed by atoms with van der Waals surface area (Å²) in [6.07, 6.45) is 3.75. The minimum atomic E-state index is 0.706. The summed E-state index contributed by atoms with van der Waals surface area (Å²) in [4.78, 5) is 15.8. The van der Waals surface area contributed by atoms with Crippen LogP contribution in [0.2, 0.25) is 0 Å². The highest BCUT2D eigenvalue weighted by Gasteiger charge is 2.11. The summed E-state index contributed by atoms with van der Waals surface area (Å²) >= 11 is 0. The van der Waals surface area contributed by atoms with Crippen LogP contribution in [0.25, 0.3) is 11.0 Å². The Hall–Kier alpha value is -2.43. The number of anilines is 1. The molecule has 0 radical (unpaired) electrons. The zero-order valence-electron chi connectivity index (χ0n) is 11.9. The Balaban J connectivity index is 1.96. The Morgan fingerprint density at radius 2 is 1.85 bits per heavy atom. The average molecular weight is 267 g/mol. The highest BCUT2D eigenvalue weighted by molar-refractivity contribution is 5.76. The molecule has 0 spiro atoms. The summed E-state index contributed by atoms with van der Waals surface area (Å²) < 4.78 is 2.01. The van der Waals surface area contributed by atoms with E-state index >= 15 is 0 Å². The van der Waals surface area contributed by atoms with Crippen molar-refractivity contribution in [3.05, 3.63) is 48.2 Å². The van der Waals surface area contributed by atoms with Crippen LogP contribution in [0.4, 0.5) is 5.82 Å². The Morgan fingerprint density at radius 3 is 2.50 bits per heavy atom. The van der Waals surface area contributed by atoms with Crippen LogP contribution in [-0.2, 0) is 13.6 Å². The molecule has 20 heavy (non-hydrogen) atoms. The van der Waals surface area contributed by atoms with E-state index in [2.05, 4.69) is 14.9 Å². The van der Waals surface area contributed by atoms with Gasteiger partial charge in [-0.3, -0.25) is 0 Å². The monoisotopic (exact) mass is 267 g/mol. The van der Waals surface area contributed by atoms with Crippen molar-refractivity contribution in [2.45, 2.75) is 13.5 Å². The van der Waals surface area contributed by atoms with Gasteiger partial charge in [-0.1, -0.05) is 12.1 Å². The zero-order chi connectivity index (χ0) is 14.1. The van der Waals surface area contributed by atoms with Crippen molar-refractivity contribution >= 4 is 16.9 Å². The first-order valence-corrected chi connectivity index (χ1v) is 6.56. The van der Waals surface area contributed by atoms with Crippen molar-refractivity contribution in [1.82, 2.24) is 19.5 Å². The van der Waals surface area contributed by atoms with Gasteiger partial charge in [-0.15, -0.1) is 0 Å². The van der Waals surface area contributed by atoms with Gasteiger partial charge in [0.1, 0.15) is 5.82 Å². The predicted octanol–water partition coefficient (Wildman–Crippen LogP) is 2.31. The van der Waals surface area contributed by atoms with Crippen molar-refractivity contribution in [2.75, 3.05) is 11.9 Å². The molecule has 0 aliphatic carbocycles. The summed E-state index contributed by atoms with van der Waals surface area (Å²) in [6, 6.07) is 7.93. The minimum absolute atomic E-state index is 0.706. The fourth-order valence-corrected chi connectivity index (χ4v) is 2.28. The molecule has 5 nitrogen and oxygen atoms in total. The number of hydrogen-bond acceptors (Lipinski definition) is 4. The number of benzene rings is 1. The van der Waals surface area contributed by atoms with E-state index in [1.807, 2.05) is 62.2 Å². The SMILES string of the molecule is Cc1nc2ccccc2nc1N(C)Cc1nccn1C. The van der Waals surface area contributed by atoms with Gasteiger partial charge in [0.05, 0.1) is 23.3 Å². The lowest BCUT2D eigenvalue weighted by Crippen LogP contribution is -2.21. The third-order valence-electron chi connectivity index (χ3n) is 3.38. The molecule has 102 valence electrons. The number of nitrogens with zero attached hydrogens (tertiary/aromatic N) is 5. The molecule has 0 aliphatic rings. The Bertz CT molecular complexity index is 747. The second kappa shape index (κ2) is 4.92. The van der Waals surface area contributed by atoms with Crippen LogP contribution in [-0.4, -0.2) is 26.6 Å². The van der Waals surface area contributed by atoms with E-state index < -0.39 is 0 Å². The molecular formula is C15H17N5. The molecule has 0 saturated carbocycles. The summed E-state index contributed by atoms with van der Waals surface area (Å²) in [5.41, 5.74) is 2.78. The van der Waals surface area contributed by atoms with Gasteiger partial charge in [-0.25, -0.2) is 15.0 Å². The van der Waals surface area contributed by atoms with E-state index in [0.717, 1.165) is 28.4 Å². The van der Waals surface area contributed by atoms with Crippen molar-refractivity contribution < 1.29 is 0 Å². The van der Waals surface area contributed by atoms with Crippen molar-refractivity contribution in [1.29, 1.82) is 0 Å². The maximum absolute atomic E-state index is 4.71. The second-order valence-electron chi connectivity index (χ2n) is 4.93. The zero-order valence-corrected chi connectivity index (χ0v) is 11.9. The molecule has 0 fully saturated rings. The molecule has 3 rings (SSSR count). The summed E-state index contributed by atoms with van der Waals surface area (Å²) in [5, 5.41) is 0. The van der Waals surface area contributed by atoms with Crippen LogP contribution >= 0.6 is 0 Å². The molecule has 1 aromatic carbocycles. The predicted molar refractivity (Wildman–Crippen MR) is 79.6 cm³/mol. The lowest BCUT2D eigenvalue weighted by Gasteiger charge is -2.19. The van der Waals surface area contributed by atoms with E-state index in [9.17, 15) is 0 Å². The molecule has 2 aromatic heterocycles. The van der Waals surface area contributed by atoms with E-state index in [-0.39, 0.29) is 0 Å². The highest BCUT2D eigenvalue weighted by atomic mass is 15.2. The van der Waals surface area contributed by atoms with Gasteiger partial charge in [-0.05, 0) is 19.1 Å². The highest BCUT2D eigenvalue weighted by Crippen LogP contribution is 2.20. The standard InChI is InChI=1S/C15H17N5/c1-11-15(18-13-7-5-4-6-12(13)17-11)20(3)10-14-16-8-9-19(14)2/h4-9H,10H2,1-3H3. The molecule has 2 heterocycles. The van der Waals surface area contributed by atoms with Crippen molar-refractivity contribution in [3.8, 4) is 0 Å². The first-order chi connectivity index (χ1) is 9.65. The maximum atomic E-state index is 4.71. The van der Waals surface area contributed by atoms with Crippen LogP contribution in [0.5, 0.6) is 0 Å². The molecule has 5 heteroatoms. The Kier molecular flexibility index (Phi) is 3.10. The van der Waals surface area contributed by atoms with E-state index in [4.69, 9.17) is 4.98 Å². The van der Waals surface area contributed by atoms with E-state index in [1.165, 1.54) is 0 Å². The van der Waals surface area contributed by atoms with Gasteiger partial charge in [0, 0.05) is 26.5 Å². The van der Waals surface area contributed by atoms with Gasteiger partial charge < -0.3 is 9.47 Å². The largest absolute Gasteiger partial charge is 0.351 e. The number of rotatable bonds is 3.